The van der Waals surface area contributed by atoms with Crippen LogP contribution in [0.15, 0.2) is 0 Å². The van der Waals surface area contributed by atoms with Gasteiger partial charge in [-0.25, -0.2) is 4.79 Å². The molecule has 0 unspecified atom stereocenters. The third-order valence-electron chi connectivity index (χ3n) is 4.83. The molecule has 120 valence electrons. The van der Waals surface area contributed by atoms with Crippen LogP contribution in [0.5, 0.6) is 0 Å². The maximum Gasteiger partial charge on any atom is 0.327 e. The van der Waals surface area contributed by atoms with Gasteiger partial charge < -0.3 is 9.80 Å². The van der Waals surface area contributed by atoms with Gasteiger partial charge in [-0.05, 0) is 46.1 Å². The van der Waals surface area contributed by atoms with Crippen molar-refractivity contribution in [3.8, 4) is 0 Å². The minimum Gasteiger partial charge on any atom is -0.309 e. The minimum absolute atomic E-state index is 0.0272. The van der Waals surface area contributed by atoms with E-state index in [1.54, 1.807) is 0 Å². The number of hydrogen-bond acceptors (Lipinski definition) is 3. The smallest absolute Gasteiger partial charge is 0.309 e. The number of imide groups is 1. The van der Waals surface area contributed by atoms with Gasteiger partial charge in [0.2, 0.25) is 0 Å². The van der Waals surface area contributed by atoms with Crippen LogP contribution in [0.1, 0.15) is 47.0 Å². The number of carbonyl (C=O) groups excluding carboxylic acids is 2. The van der Waals surface area contributed by atoms with Gasteiger partial charge in [-0.15, -0.1) is 0 Å². The summed E-state index contributed by atoms with van der Waals surface area (Å²) in [6.07, 6.45) is 2.47. The Morgan fingerprint density at radius 2 is 1.67 bits per heavy atom. The SMILES string of the molecule is CC(C)CCN1C(=O)N(C(C)C)C(=O)C12CCN(C)CC2. The van der Waals surface area contributed by atoms with Gasteiger partial charge in [0.05, 0.1) is 0 Å². The average molecular weight is 295 g/mol. The van der Waals surface area contributed by atoms with Crippen molar-refractivity contribution in [1.82, 2.24) is 14.7 Å². The van der Waals surface area contributed by atoms with Crippen LogP contribution in [0, 0.1) is 5.92 Å². The van der Waals surface area contributed by atoms with Crippen LogP contribution in [0.2, 0.25) is 0 Å². The molecule has 2 aliphatic heterocycles. The lowest BCUT2D eigenvalue weighted by Crippen LogP contribution is -2.56. The lowest BCUT2D eigenvalue weighted by Gasteiger charge is -2.41. The van der Waals surface area contributed by atoms with Crippen LogP contribution in [-0.4, -0.2) is 64.9 Å². The maximum atomic E-state index is 12.9. The summed E-state index contributed by atoms with van der Waals surface area (Å²) in [4.78, 5) is 31.3. The average Bonchev–Trinajstić information content (AvgIpc) is 2.59. The zero-order chi connectivity index (χ0) is 15.8. The fourth-order valence-electron chi connectivity index (χ4n) is 3.36. The summed E-state index contributed by atoms with van der Waals surface area (Å²) in [6.45, 7) is 10.6. The molecule has 5 nitrogen and oxygen atoms in total. The Balaban J connectivity index is 2.28. The van der Waals surface area contributed by atoms with Crippen molar-refractivity contribution in [3.63, 3.8) is 0 Å². The predicted molar refractivity (Wildman–Crippen MR) is 83.0 cm³/mol. The Morgan fingerprint density at radius 3 is 2.14 bits per heavy atom. The highest BCUT2D eigenvalue weighted by Gasteiger charge is 2.57. The summed E-state index contributed by atoms with van der Waals surface area (Å²) in [5.74, 6) is 0.559. The lowest BCUT2D eigenvalue weighted by atomic mass is 9.85. The Bertz CT molecular complexity index is 412. The molecule has 0 radical (unpaired) electrons. The molecular weight excluding hydrogens is 266 g/mol. The van der Waals surface area contributed by atoms with Gasteiger partial charge in [0.25, 0.3) is 5.91 Å². The Labute approximate surface area is 128 Å². The molecule has 2 aliphatic rings. The minimum atomic E-state index is -0.581. The monoisotopic (exact) mass is 295 g/mol. The molecule has 2 saturated heterocycles. The van der Waals surface area contributed by atoms with Gasteiger partial charge in [-0.2, -0.15) is 0 Å². The van der Waals surface area contributed by atoms with E-state index in [2.05, 4.69) is 25.8 Å². The van der Waals surface area contributed by atoms with Crippen LogP contribution in [0.4, 0.5) is 4.79 Å². The summed E-state index contributed by atoms with van der Waals surface area (Å²) in [6, 6.07) is -0.147. The summed E-state index contributed by atoms with van der Waals surface area (Å²) in [5.41, 5.74) is -0.581. The molecule has 3 amide bonds. The molecule has 0 bridgehead atoms. The lowest BCUT2D eigenvalue weighted by molar-refractivity contribution is -0.136. The topological polar surface area (TPSA) is 43.9 Å². The quantitative estimate of drug-likeness (QED) is 0.747. The number of nitrogens with zero attached hydrogens (tertiary/aromatic N) is 3. The standard InChI is InChI=1S/C16H29N3O2/c1-12(2)6-9-18-15(21)19(13(3)4)14(20)16(18)7-10-17(5)11-8-16/h12-13H,6-11H2,1-5H3. The molecule has 2 heterocycles. The highest BCUT2D eigenvalue weighted by Crippen LogP contribution is 2.38. The largest absolute Gasteiger partial charge is 0.327 e. The van der Waals surface area contributed by atoms with Crippen LogP contribution < -0.4 is 0 Å². The highest BCUT2D eigenvalue weighted by molar-refractivity contribution is 6.07. The number of rotatable bonds is 4. The van der Waals surface area contributed by atoms with Crippen molar-refractivity contribution >= 4 is 11.9 Å². The van der Waals surface area contributed by atoms with Crippen LogP contribution in [0.3, 0.4) is 0 Å². The van der Waals surface area contributed by atoms with Crippen molar-refractivity contribution in [2.24, 2.45) is 5.92 Å². The third-order valence-corrected chi connectivity index (χ3v) is 4.83. The summed E-state index contributed by atoms with van der Waals surface area (Å²) in [5, 5.41) is 0. The summed E-state index contributed by atoms with van der Waals surface area (Å²) >= 11 is 0. The molecular formula is C16H29N3O2. The molecule has 0 aliphatic carbocycles. The number of carbonyl (C=O) groups is 2. The first-order valence-corrected chi connectivity index (χ1v) is 8.13. The number of amides is 3. The number of piperidine rings is 1. The van der Waals surface area contributed by atoms with E-state index in [0.29, 0.717) is 12.5 Å². The van der Waals surface area contributed by atoms with Gasteiger partial charge in [0.1, 0.15) is 5.54 Å². The second kappa shape index (κ2) is 5.95. The second-order valence-corrected chi connectivity index (χ2v) is 7.22. The summed E-state index contributed by atoms with van der Waals surface area (Å²) < 4.78 is 0. The van der Waals surface area contributed by atoms with E-state index >= 15 is 0 Å². The van der Waals surface area contributed by atoms with Gasteiger partial charge in [0.15, 0.2) is 0 Å². The van der Waals surface area contributed by atoms with Crippen LogP contribution >= 0.6 is 0 Å². The van der Waals surface area contributed by atoms with Crippen molar-refractivity contribution in [2.75, 3.05) is 26.7 Å². The predicted octanol–water partition coefficient (Wildman–Crippen LogP) is 2.17. The van der Waals surface area contributed by atoms with E-state index in [-0.39, 0.29) is 18.0 Å². The number of hydrogen-bond donors (Lipinski definition) is 0. The van der Waals surface area contributed by atoms with Crippen molar-refractivity contribution < 1.29 is 9.59 Å². The van der Waals surface area contributed by atoms with E-state index in [0.717, 1.165) is 32.4 Å². The molecule has 0 N–H and O–H groups in total. The van der Waals surface area contributed by atoms with Crippen LogP contribution in [-0.2, 0) is 4.79 Å². The van der Waals surface area contributed by atoms with Crippen LogP contribution in [0.25, 0.3) is 0 Å². The van der Waals surface area contributed by atoms with Gasteiger partial charge in [-0.1, -0.05) is 13.8 Å². The number of likely N-dealkylation sites (tertiary alicyclic amines) is 1. The summed E-state index contributed by atoms with van der Waals surface area (Å²) in [7, 11) is 2.08. The van der Waals surface area contributed by atoms with E-state index in [9.17, 15) is 9.59 Å². The van der Waals surface area contributed by atoms with Gasteiger partial charge >= 0.3 is 6.03 Å². The fraction of sp³-hybridized carbons (Fsp3) is 0.875. The first-order valence-electron chi connectivity index (χ1n) is 8.13. The molecule has 0 aromatic heterocycles. The second-order valence-electron chi connectivity index (χ2n) is 7.22. The third kappa shape index (κ3) is 2.80. The van der Waals surface area contributed by atoms with Gasteiger partial charge in [0, 0.05) is 25.7 Å². The normalized spacial score (nSPS) is 23.2. The van der Waals surface area contributed by atoms with E-state index in [1.807, 2.05) is 18.7 Å². The first-order chi connectivity index (χ1) is 9.79. The zero-order valence-corrected chi connectivity index (χ0v) is 14.1. The molecule has 2 fully saturated rings. The Kier molecular flexibility index (Phi) is 4.61. The zero-order valence-electron chi connectivity index (χ0n) is 14.1. The van der Waals surface area contributed by atoms with Crippen molar-refractivity contribution in [2.45, 2.75) is 58.5 Å². The van der Waals surface area contributed by atoms with Gasteiger partial charge in [-0.3, -0.25) is 9.69 Å². The molecule has 0 saturated carbocycles. The molecule has 0 aromatic carbocycles. The molecule has 5 heteroatoms. The number of urea groups is 1. The molecule has 2 rings (SSSR count). The molecule has 0 atom stereocenters. The van der Waals surface area contributed by atoms with E-state index < -0.39 is 5.54 Å². The highest BCUT2D eigenvalue weighted by atomic mass is 16.2. The first kappa shape index (κ1) is 16.3. The molecule has 0 aromatic rings. The van der Waals surface area contributed by atoms with Crippen molar-refractivity contribution in [3.05, 3.63) is 0 Å². The Hall–Kier alpha value is -1.10. The molecule has 21 heavy (non-hydrogen) atoms. The van der Waals surface area contributed by atoms with Crippen molar-refractivity contribution in [1.29, 1.82) is 0 Å². The van der Waals surface area contributed by atoms with E-state index in [4.69, 9.17) is 0 Å². The van der Waals surface area contributed by atoms with E-state index in [1.165, 1.54) is 4.90 Å². The maximum absolute atomic E-state index is 12.9. The molecule has 1 spiro atoms. The Morgan fingerprint density at radius 1 is 1.10 bits per heavy atom. The fourth-order valence-corrected chi connectivity index (χ4v) is 3.36.